The van der Waals surface area contributed by atoms with Crippen molar-refractivity contribution in [2.75, 3.05) is 16.8 Å². The van der Waals surface area contributed by atoms with Crippen LogP contribution in [0.4, 0.5) is 24.7 Å². The number of aliphatic hydroxyl groups excluding tert-OH is 1. The van der Waals surface area contributed by atoms with Crippen LogP contribution < -0.4 is 10.2 Å². The number of anilines is 2. The Morgan fingerprint density at radius 3 is 2.69 bits per heavy atom. The Bertz CT molecular complexity index is 985. The van der Waals surface area contributed by atoms with Gasteiger partial charge in [-0.05, 0) is 44.0 Å². The van der Waals surface area contributed by atoms with E-state index in [1.807, 2.05) is 13.0 Å². The summed E-state index contributed by atoms with van der Waals surface area (Å²) in [5.41, 5.74) is -0.297. The van der Waals surface area contributed by atoms with Gasteiger partial charge in [-0.2, -0.15) is 18.4 Å². The fourth-order valence-corrected chi connectivity index (χ4v) is 3.47. The van der Waals surface area contributed by atoms with Crippen LogP contribution in [-0.4, -0.2) is 34.7 Å². The molecule has 1 aromatic heterocycles. The molecule has 2 aromatic rings. The van der Waals surface area contributed by atoms with E-state index in [4.69, 9.17) is 0 Å². The van der Waals surface area contributed by atoms with E-state index in [0.29, 0.717) is 5.69 Å². The van der Waals surface area contributed by atoms with Crippen molar-refractivity contribution in [3.05, 3.63) is 52.7 Å². The Morgan fingerprint density at radius 1 is 1.34 bits per heavy atom. The van der Waals surface area contributed by atoms with Crippen molar-refractivity contribution in [1.82, 2.24) is 4.98 Å². The Morgan fingerprint density at radius 2 is 2.07 bits per heavy atom. The molecule has 152 valence electrons. The van der Waals surface area contributed by atoms with Crippen LogP contribution in [0.2, 0.25) is 0 Å². The number of amides is 1. The summed E-state index contributed by atoms with van der Waals surface area (Å²) in [6.45, 7) is 3.32. The summed E-state index contributed by atoms with van der Waals surface area (Å²) in [5.74, 6) is -0.831. The van der Waals surface area contributed by atoms with Crippen molar-refractivity contribution in [2.24, 2.45) is 0 Å². The van der Waals surface area contributed by atoms with Gasteiger partial charge in [0.2, 0.25) is 5.91 Å². The third kappa shape index (κ3) is 4.17. The summed E-state index contributed by atoms with van der Waals surface area (Å²) < 4.78 is 40.2. The Hall–Kier alpha value is -3.12. The lowest BCUT2D eigenvalue weighted by molar-refractivity contribution is -0.137. The second-order valence-corrected chi connectivity index (χ2v) is 6.97. The van der Waals surface area contributed by atoms with Crippen molar-refractivity contribution < 1.29 is 23.1 Å². The second-order valence-electron chi connectivity index (χ2n) is 6.97. The summed E-state index contributed by atoms with van der Waals surface area (Å²) >= 11 is 0. The Kier molecular flexibility index (Phi) is 5.48. The van der Waals surface area contributed by atoms with Gasteiger partial charge in [0.05, 0.1) is 11.7 Å². The molecule has 0 spiro atoms. The highest BCUT2D eigenvalue weighted by Gasteiger charge is 2.43. The van der Waals surface area contributed by atoms with E-state index in [2.05, 4.69) is 10.3 Å². The first-order chi connectivity index (χ1) is 13.6. The third-order valence-corrected chi connectivity index (χ3v) is 4.74. The van der Waals surface area contributed by atoms with Gasteiger partial charge in [0, 0.05) is 17.9 Å². The molecular formula is C20H19F3N4O2. The molecule has 6 nitrogen and oxygen atoms in total. The summed E-state index contributed by atoms with van der Waals surface area (Å²) in [5, 5.41) is 22.4. The number of nitrogens with one attached hydrogen (secondary N) is 1. The largest absolute Gasteiger partial charge is 0.417 e. The first-order valence-corrected chi connectivity index (χ1v) is 8.93. The average molecular weight is 404 g/mol. The van der Waals surface area contributed by atoms with Gasteiger partial charge >= 0.3 is 6.18 Å². The molecule has 29 heavy (non-hydrogen) atoms. The number of rotatable bonds is 3. The van der Waals surface area contributed by atoms with Crippen LogP contribution in [0.5, 0.6) is 0 Å². The first-order valence-electron chi connectivity index (χ1n) is 8.93. The van der Waals surface area contributed by atoms with Crippen molar-refractivity contribution in [3.8, 4) is 6.07 Å². The minimum absolute atomic E-state index is 0.0607. The van der Waals surface area contributed by atoms with Crippen LogP contribution in [0.3, 0.4) is 0 Å². The monoisotopic (exact) mass is 404 g/mol. The first kappa shape index (κ1) is 20.6. The van der Waals surface area contributed by atoms with Crippen LogP contribution in [0.25, 0.3) is 0 Å². The van der Waals surface area contributed by atoms with Crippen molar-refractivity contribution in [2.45, 2.75) is 38.6 Å². The van der Waals surface area contributed by atoms with Gasteiger partial charge < -0.3 is 15.3 Å². The van der Waals surface area contributed by atoms with E-state index in [1.54, 1.807) is 24.3 Å². The number of aromatic nitrogens is 1. The lowest BCUT2D eigenvalue weighted by Crippen LogP contribution is -2.46. The maximum atomic E-state index is 13.4. The average Bonchev–Trinajstić information content (AvgIpc) is 3.01. The standard InChI is InChI=1S/C20H19F3N4O2/c1-11-4-3-5-13(8-11)26-19(29)17-16(28)6-7-27(17)18-14(10-24)15(20(21,22)23)9-12(2)25-18/h3-5,8-9,16-17,28H,6-7H2,1-2H3,(H,26,29)/t16-,17-/m0/s1. The zero-order chi connectivity index (χ0) is 21.3. The minimum Gasteiger partial charge on any atom is -0.390 e. The summed E-state index contributed by atoms with van der Waals surface area (Å²) in [6.07, 6.45) is -5.69. The number of nitriles is 1. The van der Waals surface area contributed by atoms with Crippen LogP contribution >= 0.6 is 0 Å². The number of carbonyl (C=O) groups excluding carboxylic acids is 1. The predicted molar refractivity (Wildman–Crippen MR) is 100 cm³/mol. The van der Waals surface area contributed by atoms with Crippen molar-refractivity contribution in [1.29, 1.82) is 5.26 Å². The van der Waals surface area contributed by atoms with E-state index in [1.165, 1.54) is 11.8 Å². The number of pyridine rings is 1. The molecule has 0 saturated carbocycles. The van der Waals surface area contributed by atoms with E-state index in [-0.39, 0.29) is 24.5 Å². The molecule has 2 N–H and O–H groups in total. The molecule has 0 unspecified atom stereocenters. The van der Waals surface area contributed by atoms with Gasteiger partial charge in [0.1, 0.15) is 23.5 Å². The molecule has 3 rings (SSSR count). The van der Waals surface area contributed by atoms with E-state index >= 15 is 0 Å². The molecule has 1 aromatic carbocycles. The molecule has 2 atom stereocenters. The maximum absolute atomic E-state index is 13.4. The molecule has 1 aliphatic rings. The minimum atomic E-state index is -4.74. The highest BCUT2D eigenvalue weighted by Crippen LogP contribution is 2.37. The molecular weight excluding hydrogens is 385 g/mol. The molecule has 9 heteroatoms. The Balaban J connectivity index is 2.01. The number of hydrogen-bond acceptors (Lipinski definition) is 5. The highest BCUT2D eigenvalue weighted by molar-refractivity contribution is 5.98. The van der Waals surface area contributed by atoms with Gasteiger partial charge in [-0.1, -0.05) is 12.1 Å². The van der Waals surface area contributed by atoms with E-state index < -0.39 is 35.4 Å². The zero-order valence-electron chi connectivity index (χ0n) is 15.8. The number of nitrogens with zero attached hydrogens (tertiary/aromatic N) is 3. The molecule has 0 aliphatic carbocycles. The smallest absolute Gasteiger partial charge is 0.390 e. The quantitative estimate of drug-likeness (QED) is 0.820. The molecule has 0 radical (unpaired) electrons. The Labute approximate surface area is 165 Å². The highest BCUT2D eigenvalue weighted by atomic mass is 19.4. The van der Waals surface area contributed by atoms with Gasteiger partial charge in [-0.15, -0.1) is 0 Å². The van der Waals surface area contributed by atoms with Gasteiger partial charge in [0.25, 0.3) is 0 Å². The predicted octanol–water partition coefficient (Wildman–Crippen LogP) is 3.17. The number of carbonyl (C=O) groups is 1. The summed E-state index contributed by atoms with van der Waals surface area (Å²) in [6, 6.07) is 8.20. The second kappa shape index (κ2) is 7.72. The number of halogens is 3. The fraction of sp³-hybridized carbons (Fsp3) is 0.350. The molecule has 0 bridgehead atoms. The molecule has 1 fully saturated rings. The van der Waals surface area contributed by atoms with Gasteiger partial charge in [-0.3, -0.25) is 4.79 Å². The number of hydrogen-bond donors (Lipinski definition) is 2. The lowest BCUT2D eigenvalue weighted by atomic mass is 10.1. The maximum Gasteiger partial charge on any atom is 0.417 e. The third-order valence-electron chi connectivity index (χ3n) is 4.74. The fourth-order valence-electron chi connectivity index (χ4n) is 3.47. The van der Waals surface area contributed by atoms with Crippen molar-refractivity contribution >= 4 is 17.4 Å². The van der Waals surface area contributed by atoms with E-state index in [9.17, 15) is 28.3 Å². The van der Waals surface area contributed by atoms with Crippen LogP contribution in [0.15, 0.2) is 30.3 Å². The lowest BCUT2D eigenvalue weighted by Gasteiger charge is -2.28. The SMILES string of the molecule is Cc1cccc(NC(=O)[C@@H]2[C@@H](O)CCN2c2nc(C)cc(C(F)(F)F)c2C#N)c1. The topological polar surface area (TPSA) is 89.2 Å². The molecule has 1 amide bonds. The number of aryl methyl sites for hydroxylation is 2. The van der Waals surface area contributed by atoms with Crippen molar-refractivity contribution in [3.63, 3.8) is 0 Å². The van der Waals surface area contributed by atoms with Crippen LogP contribution in [0, 0.1) is 25.2 Å². The normalized spacial score (nSPS) is 19.1. The zero-order valence-corrected chi connectivity index (χ0v) is 15.8. The van der Waals surface area contributed by atoms with Crippen LogP contribution in [-0.2, 0) is 11.0 Å². The van der Waals surface area contributed by atoms with Gasteiger partial charge in [0.15, 0.2) is 0 Å². The van der Waals surface area contributed by atoms with Gasteiger partial charge in [-0.25, -0.2) is 4.98 Å². The summed E-state index contributed by atoms with van der Waals surface area (Å²) in [7, 11) is 0. The van der Waals surface area contributed by atoms with Crippen LogP contribution in [0.1, 0.15) is 28.8 Å². The molecule has 1 aliphatic heterocycles. The van der Waals surface area contributed by atoms with E-state index in [0.717, 1.165) is 11.6 Å². The molecule has 1 saturated heterocycles. The number of alkyl halides is 3. The number of benzene rings is 1. The number of aliphatic hydroxyl groups is 1. The molecule has 2 heterocycles. The summed E-state index contributed by atoms with van der Waals surface area (Å²) in [4.78, 5) is 18.2.